The molecule has 1 aromatic heterocycles. The number of unbranched alkanes of at least 4 members (excludes halogenated alkanes) is 1. The summed E-state index contributed by atoms with van der Waals surface area (Å²) in [6.07, 6.45) is 2.06. The number of morpholine rings is 1. The van der Waals surface area contributed by atoms with E-state index in [2.05, 4.69) is 42.2 Å². The summed E-state index contributed by atoms with van der Waals surface area (Å²) >= 11 is 0. The van der Waals surface area contributed by atoms with Gasteiger partial charge in [0.15, 0.2) is 0 Å². The number of rotatable bonds is 6. The fraction of sp³-hybridized carbons (Fsp3) is 0.375. The van der Waals surface area contributed by atoms with E-state index >= 15 is 0 Å². The molecule has 1 atom stereocenters. The van der Waals surface area contributed by atoms with Gasteiger partial charge in [-0.3, -0.25) is 9.69 Å². The average molecular weight is 377 g/mol. The van der Waals surface area contributed by atoms with Crippen LogP contribution in [-0.4, -0.2) is 35.8 Å². The molecule has 1 unspecified atom stereocenters. The van der Waals surface area contributed by atoms with Gasteiger partial charge in [0.25, 0.3) is 5.56 Å². The van der Waals surface area contributed by atoms with Gasteiger partial charge in [-0.05, 0) is 29.5 Å². The molecule has 28 heavy (non-hydrogen) atoms. The van der Waals surface area contributed by atoms with Crippen molar-refractivity contribution in [3.63, 3.8) is 0 Å². The van der Waals surface area contributed by atoms with Crippen molar-refractivity contribution in [3.8, 4) is 0 Å². The van der Waals surface area contributed by atoms with Gasteiger partial charge in [-0.1, -0.05) is 61.9 Å². The van der Waals surface area contributed by atoms with Crippen LogP contribution < -0.4 is 5.56 Å². The molecule has 2 heterocycles. The number of pyridine rings is 1. The highest BCUT2D eigenvalue weighted by atomic mass is 16.5. The maximum absolute atomic E-state index is 13.4. The molecule has 1 fully saturated rings. The Kier molecular flexibility index (Phi) is 5.89. The largest absolute Gasteiger partial charge is 0.379 e. The third-order valence-electron chi connectivity index (χ3n) is 5.59. The number of nitrogens with zero attached hydrogens (tertiary/aromatic N) is 2. The molecule has 1 aliphatic rings. The predicted octanol–water partition coefficient (Wildman–Crippen LogP) is 4.22. The summed E-state index contributed by atoms with van der Waals surface area (Å²) in [6, 6.07) is 20.8. The standard InChI is InChI=1S/C24H28N2O2/c1-2-3-13-26-22(18-20-11-7-8-12-21(20)24(26)27)23(19-9-5-4-6-10-19)25-14-16-28-17-15-25/h4-12,18,23H,2-3,13-17H2,1H3. The van der Waals surface area contributed by atoms with E-state index in [4.69, 9.17) is 4.74 Å². The zero-order chi connectivity index (χ0) is 19.3. The number of ether oxygens (including phenoxy) is 1. The molecule has 1 aliphatic heterocycles. The summed E-state index contributed by atoms with van der Waals surface area (Å²) < 4.78 is 7.61. The van der Waals surface area contributed by atoms with Gasteiger partial charge in [0.1, 0.15) is 0 Å². The van der Waals surface area contributed by atoms with E-state index in [-0.39, 0.29) is 11.6 Å². The second-order valence-corrected chi connectivity index (χ2v) is 7.43. The monoisotopic (exact) mass is 376 g/mol. The lowest BCUT2D eigenvalue weighted by Gasteiger charge is -2.36. The van der Waals surface area contributed by atoms with Crippen LogP contribution in [0, 0.1) is 0 Å². The van der Waals surface area contributed by atoms with Crippen molar-refractivity contribution in [1.82, 2.24) is 9.47 Å². The third kappa shape index (κ3) is 3.75. The third-order valence-corrected chi connectivity index (χ3v) is 5.59. The lowest BCUT2D eigenvalue weighted by atomic mass is 9.98. The molecule has 0 amide bonds. The first-order valence-electron chi connectivity index (χ1n) is 10.3. The van der Waals surface area contributed by atoms with Crippen molar-refractivity contribution in [2.45, 2.75) is 32.4 Å². The van der Waals surface area contributed by atoms with Gasteiger partial charge in [0.05, 0.1) is 19.3 Å². The first-order valence-corrected chi connectivity index (χ1v) is 10.3. The Labute approximate surface area is 166 Å². The molecule has 0 aliphatic carbocycles. The number of benzene rings is 2. The summed E-state index contributed by atoms with van der Waals surface area (Å²) in [5, 5.41) is 1.82. The predicted molar refractivity (Wildman–Crippen MR) is 114 cm³/mol. The van der Waals surface area contributed by atoms with E-state index < -0.39 is 0 Å². The quantitative estimate of drug-likeness (QED) is 0.646. The fourth-order valence-corrected chi connectivity index (χ4v) is 4.13. The zero-order valence-electron chi connectivity index (χ0n) is 16.5. The van der Waals surface area contributed by atoms with E-state index in [1.54, 1.807) is 0 Å². The molecule has 0 spiro atoms. The molecule has 0 N–H and O–H groups in total. The van der Waals surface area contributed by atoms with Crippen LogP contribution in [0.2, 0.25) is 0 Å². The molecular formula is C24H28N2O2. The van der Waals surface area contributed by atoms with Crippen LogP contribution in [0.3, 0.4) is 0 Å². The molecule has 4 nitrogen and oxygen atoms in total. The first-order chi connectivity index (χ1) is 13.8. The topological polar surface area (TPSA) is 34.5 Å². The van der Waals surface area contributed by atoms with E-state index in [0.717, 1.165) is 62.2 Å². The Morgan fingerprint density at radius 3 is 2.46 bits per heavy atom. The van der Waals surface area contributed by atoms with Gasteiger partial charge in [-0.2, -0.15) is 0 Å². The van der Waals surface area contributed by atoms with Crippen molar-refractivity contribution in [2.24, 2.45) is 0 Å². The summed E-state index contributed by atoms with van der Waals surface area (Å²) in [7, 11) is 0. The molecule has 146 valence electrons. The Morgan fingerprint density at radius 1 is 1.00 bits per heavy atom. The highest BCUT2D eigenvalue weighted by Crippen LogP contribution is 2.30. The smallest absolute Gasteiger partial charge is 0.258 e. The van der Waals surface area contributed by atoms with Crippen LogP contribution in [0.4, 0.5) is 0 Å². The van der Waals surface area contributed by atoms with Crippen LogP contribution >= 0.6 is 0 Å². The van der Waals surface area contributed by atoms with Crippen molar-refractivity contribution in [2.75, 3.05) is 26.3 Å². The SMILES string of the molecule is CCCCn1c(C(c2ccccc2)N2CCOCC2)cc2ccccc2c1=O. The Balaban J connectivity index is 1.92. The van der Waals surface area contributed by atoms with Crippen LogP contribution in [0.15, 0.2) is 65.5 Å². The number of aromatic nitrogens is 1. The lowest BCUT2D eigenvalue weighted by molar-refractivity contribution is 0.0224. The fourth-order valence-electron chi connectivity index (χ4n) is 4.13. The van der Waals surface area contributed by atoms with Crippen LogP contribution in [-0.2, 0) is 11.3 Å². The molecule has 0 radical (unpaired) electrons. The molecule has 0 bridgehead atoms. The van der Waals surface area contributed by atoms with Gasteiger partial charge in [-0.15, -0.1) is 0 Å². The molecule has 4 rings (SSSR count). The minimum Gasteiger partial charge on any atom is -0.379 e. The molecule has 0 saturated carbocycles. The number of hydrogen-bond acceptors (Lipinski definition) is 3. The van der Waals surface area contributed by atoms with Crippen LogP contribution in [0.25, 0.3) is 10.8 Å². The lowest BCUT2D eigenvalue weighted by Crippen LogP contribution is -2.41. The average Bonchev–Trinajstić information content (AvgIpc) is 2.75. The molecular weight excluding hydrogens is 348 g/mol. The van der Waals surface area contributed by atoms with Crippen molar-refractivity contribution < 1.29 is 4.74 Å². The maximum Gasteiger partial charge on any atom is 0.258 e. The minimum absolute atomic E-state index is 0.0549. The Hall–Kier alpha value is -2.43. The Bertz CT molecular complexity index is 975. The number of fused-ring (bicyclic) bond motifs is 1. The van der Waals surface area contributed by atoms with Crippen LogP contribution in [0.1, 0.15) is 37.1 Å². The van der Waals surface area contributed by atoms with Gasteiger partial charge < -0.3 is 9.30 Å². The van der Waals surface area contributed by atoms with Gasteiger partial charge in [0.2, 0.25) is 0 Å². The van der Waals surface area contributed by atoms with Crippen molar-refractivity contribution in [1.29, 1.82) is 0 Å². The van der Waals surface area contributed by atoms with E-state index in [9.17, 15) is 4.79 Å². The van der Waals surface area contributed by atoms with E-state index in [0.29, 0.717) is 0 Å². The zero-order valence-corrected chi connectivity index (χ0v) is 16.5. The molecule has 3 aromatic rings. The second-order valence-electron chi connectivity index (χ2n) is 7.43. The van der Waals surface area contributed by atoms with Gasteiger partial charge in [-0.25, -0.2) is 0 Å². The minimum atomic E-state index is 0.0549. The summed E-state index contributed by atoms with van der Waals surface area (Å²) in [5.41, 5.74) is 2.44. The normalized spacial score (nSPS) is 16.3. The Morgan fingerprint density at radius 2 is 1.71 bits per heavy atom. The van der Waals surface area contributed by atoms with Gasteiger partial charge >= 0.3 is 0 Å². The molecule has 4 heteroatoms. The van der Waals surface area contributed by atoms with E-state index in [1.165, 1.54) is 5.56 Å². The van der Waals surface area contributed by atoms with Crippen molar-refractivity contribution in [3.05, 3.63) is 82.3 Å². The maximum atomic E-state index is 13.4. The summed E-state index contributed by atoms with van der Waals surface area (Å²) in [4.78, 5) is 15.8. The highest BCUT2D eigenvalue weighted by Gasteiger charge is 2.27. The number of hydrogen-bond donors (Lipinski definition) is 0. The van der Waals surface area contributed by atoms with E-state index in [1.807, 2.05) is 34.9 Å². The van der Waals surface area contributed by atoms with Crippen molar-refractivity contribution >= 4 is 10.8 Å². The highest BCUT2D eigenvalue weighted by molar-refractivity contribution is 5.82. The van der Waals surface area contributed by atoms with Crippen LogP contribution in [0.5, 0.6) is 0 Å². The second kappa shape index (κ2) is 8.72. The van der Waals surface area contributed by atoms with Gasteiger partial charge in [0, 0.05) is 30.7 Å². The molecule has 2 aromatic carbocycles. The molecule has 1 saturated heterocycles. The summed E-state index contributed by atoms with van der Waals surface area (Å²) in [6.45, 7) is 6.13. The summed E-state index contributed by atoms with van der Waals surface area (Å²) in [5.74, 6) is 0. The first kappa shape index (κ1) is 18.9.